The van der Waals surface area contributed by atoms with Gasteiger partial charge in [0, 0.05) is 43.7 Å². The number of amides is 1. The first kappa shape index (κ1) is 32.2. The van der Waals surface area contributed by atoms with E-state index in [4.69, 9.17) is 4.74 Å². The summed E-state index contributed by atoms with van der Waals surface area (Å²) in [7, 11) is 0. The molecule has 2 aromatic rings. The van der Waals surface area contributed by atoms with Crippen molar-refractivity contribution >= 4 is 12.4 Å². The van der Waals surface area contributed by atoms with Gasteiger partial charge in [-0.1, -0.05) is 71.6 Å². The van der Waals surface area contributed by atoms with Gasteiger partial charge in [0.25, 0.3) is 0 Å². The third kappa shape index (κ3) is 9.15. The van der Waals surface area contributed by atoms with Crippen LogP contribution in [0.25, 0.3) is 0 Å². The molecule has 3 fully saturated rings. The lowest BCUT2D eigenvalue weighted by atomic mass is 9.90. The number of piperidine rings is 3. The molecule has 6 heteroatoms. The number of carbonyl (C=O) groups excluding carboxylic acids is 2. The van der Waals surface area contributed by atoms with E-state index in [-0.39, 0.29) is 24.2 Å². The van der Waals surface area contributed by atoms with Crippen molar-refractivity contribution in [2.75, 3.05) is 32.8 Å². The van der Waals surface area contributed by atoms with Crippen LogP contribution in [-0.4, -0.2) is 78.0 Å². The summed E-state index contributed by atoms with van der Waals surface area (Å²) >= 11 is 0. The maximum absolute atomic E-state index is 13.1. The standard InChI is InChI=1S/C28H43N3O3.C8H10/c1-22-9-6-10-24(19-22)27-12-7-11-26(31(27)16-8-18-32)21-34-28(33)30-17-13-25(20-23(30)2)29-14-4-3-5-15-29;1-7-3-5-8(2)6-4-7/h6,9-10,18-19,23,25-27H,3-5,7-8,11-17,20-21H2,1-2H3;3-6H,1-2H3/t23?,25?,26-,27+;/m1./s1. The van der Waals surface area contributed by atoms with E-state index < -0.39 is 0 Å². The van der Waals surface area contributed by atoms with Crippen LogP contribution in [0.4, 0.5) is 4.79 Å². The highest BCUT2D eigenvalue weighted by Crippen LogP contribution is 2.35. The normalized spacial score (nSPS) is 25.3. The minimum absolute atomic E-state index is 0.157. The minimum Gasteiger partial charge on any atom is -0.448 e. The summed E-state index contributed by atoms with van der Waals surface area (Å²) in [4.78, 5) is 31.2. The zero-order valence-electron chi connectivity index (χ0n) is 26.5. The van der Waals surface area contributed by atoms with Crippen molar-refractivity contribution < 1.29 is 14.3 Å². The predicted octanol–water partition coefficient (Wildman–Crippen LogP) is 7.26. The molecular formula is C36H53N3O3. The zero-order chi connectivity index (χ0) is 29.9. The Morgan fingerprint density at radius 2 is 1.60 bits per heavy atom. The van der Waals surface area contributed by atoms with E-state index in [1.54, 1.807) is 0 Å². The molecule has 5 rings (SSSR count). The van der Waals surface area contributed by atoms with Gasteiger partial charge in [-0.05, 0) is 91.3 Å². The summed E-state index contributed by atoms with van der Waals surface area (Å²) < 4.78 is 5.93. The van der Waals surface area contributed by atoms with E-state index in [0.29, 0.717) is 25.6 Å². The second-order valence-electron chi connectivity index (χ2n) is 12.8. The van der Waals surface area contributed by atoms with Gasteiger partial charge >= 0.3 is 6.09 Å². The van der Waals surface area contributed by atoms with E-state index in [1.165, 1.54) is 54.6 Å². The van der Waals surface area contributed by atoms with Crippen molar-refractivity contribution in [3.05, 3.63) is 70.8 Å². The van der Waals surface area contributed by atoms with Crippen molar-refractivity contribution in [2.45, 2.75) is 110 Å². The third-order valence-electron chi connectivity index (χ3n) is 9.42. The van der Waals surface area contributed by atoms with E-state index in [1.807, 2.05) is 4.90 Å². The highest BCUT2D eigenvalue weighted by atomic mass is 16.6. The Kier molecular flexibility index (Phi) is 12.4. The van der Waals surface area contributed by atoms with E-state index >= 15 is 0 Å². The Hall–Kier alpha value is -2.70. The van der Waals surface area contributed by atoms with Crippen LogP contribution < -0.4 is 0 Å². The summed E-state index contributed by atoms with van der Waals surface area (Å²) in [5, 5.41) is 0. The summed E-state index contributed by atoms with van der Waals surface area (Å²) in [6.45, 7) is 12.8. The second-order valence-corrected chi connectivity index (χ2v) is 12.8. The van der Waals surface area contributed by atoms with Gasteiger partial charge in [-0.3, -0.25) is 4.90 Å². The van der Waals surface area contributed by atoms with E-state index in [0.717, 1.165) is 44.9 Å². The number of nitrogens with zero attached hydrogens (tertiary/aromatic N) is 3. The zero-order valence-corrected chi connectivity index (χ0v) is 26.5. The smallest absolute Gasteiger partial charge is 0.410 e. The molecule has 0 saturated carbocycles. The van der Waals surface area contributed by atoms with Crippen molar-refractivity contribution in [1.29, 1.82) is 0 Å². The van der Waals surface area contributed by atoms with Crippen molar-refractivity contribution in [3.8, 4) is 0 Å². The average molecular weight is 576 g/mol. The van der Waals surface area contributed by atoms with Crippen LogP contribution in [0.2, 0.25) is 0 Å². The lowest BCUT2D eigenvalue weighted by molar-refractivity contribution is -0.108. The molecule has 0 N–H and O–H groups in total. The van der Waals surface area contributed by atoms with Crippen LogP contribution in [0, 0.1) is 20.8 Å². The quantitative estimate of drug-likeness (QED) is 0.325. The molecule has 0 bridgehead atoms. The number of hydrogen-bond acceptors (Lipinski definition) is 5. The Labute approximate surface area is 254 Å². The molecule has 1 amide bonds. The Morgan fingerprint density at radius 3 is 2.24 bits per heavy atom. The van der Waals surface area contributed by atoms with Crippen LogP contribution in [0.1, 0.15) is 93.0 Å². The van der Waals surface area contributed by atoms with Crippen molar-refractivity contribution in [2.24, 2.45) is 0 Å². The minimum atomic E-state index is -0.169. The molecule has 3 aliphatic heterocycles. The molecule has 230 valence electrons. The second kappa shape index (κ2) is 16.2. The number of benzene rings is 2. The monoisotopic (exact) mass is 575 g/mol. The molecule has 0 aliphatic carbocycles. The molecule has 3 aliphatic rings. The van der Waals surface area contributed by atoms with Crippen LogP contribution in [0.5, 0.6) is 0 Å². The molecule has 42 heavy (non-hydrogen) atoms. The summed E-state index contributed by atoms with van der Waals surface area (Å²) in [5.74, 6) is 0. The third-order valence-corrected chi connectivity index (χ3v) is 9.42. The van der Waals surface area contributed by atoms with E-state index in [2.05, 4.69) is 86.0 Å². The highest BCUT2D eigenvalue weighted by molar-refractivity contribution is 5.68. The molecule has 3 heterocycles. The number of ether oxygens (including phenoxy) is 1. The molecule has 0 aromatic heterocycles. The molecule has 2 unspecified atom stereocenters. The first-order valence-corrected chi connectivity index (χ1v) is 16.3. The van der Waals surface area contributed by atoms with Gasteiger partial charge in [-0.25, -0.2) is 4.79 Å². The van der Waals surface area contributed by atoms with Crippen LogP contribution in [-0.2, 0) is 9.53 Å². The lowest BCUT2D eigenvalue weighted by Crippen LogP contribution is -2.52. The fourth-order valence-electron chi connectivity index (χ4n) is 7.01. The van der Waals surface area contributed by atoms with E-state index in [9.17, 15) is 9.59 Å². The first-order valence-electron chi connectivity index (χ1n) is 16.3. The lowest BCUT2D eigenvalue weighted by Gasteiger charge is -2.44. The SMILES string of the molecule is Cc1ccc(C)cc1.Cc1cccc([C@@H]2CCC[C@H](COC(=O)N3CCC(N4CCCCC4)CC3C)N2CCC=O)c1. The number of likely N-dealkylation sites (tertiary alicyclic amines) is 3. The maximum atomic E-state index is 13.1. The fraction of sp³-hybridized carbons (Fsp3) is 0.611. The predicted molar refractivity (Wildman–Crippen MR) is 171 cm³/mol. The highest BCUT2D eigenvalue weighted by Gasteiger charge is 2.35. The molecule has 6 nitrogen and oxygen atoms in total. The topological polar surface area (TPSA) is 53.1 Å². The van der Waals surface area contributed by atoms with Crippen LogP contribution in [0.3, 0.4) is 0 Å². The summed E-state index contributed by atoms with van der Waals surface area (Å²) in [5.41, 5.74) is 5.21. The van der Waals surface area contributed by atoms with Crippen LogP contribution >= 0.6 is 0 Å². The number of hydrogen-bond donors (Lipinski definition) is 0. The van der Waals surface area contributed by atoms with Gasteiger partial charge in [-0.15, -0.1) is 0 Å². The molecule has 2 aromatic carbocycles. The number of rotatable bonds is 7. The molecule has 3 saturated heterocycles. The van der Waals surface area contributed by atoms with Gasteiger partial charge < -0.3 is 19.3 Å². The largest absolute Gasteiger partial charge is 0.448 e. The molecule has 4 atom stereocenters. The Morgan fingerprint density at radius 1 is 0.881 bits per heavy atom. The first-order chi connectivity index (χ1) is 20.4. The van der Waals surface area contributed by atoms with Crippen molar-refractivity contribution in [3.63, 3.8) is 0 Å². The number of carbonyl (C=O) groups is 2. The molecular weight excluding hydrogens is 522 g/mol. The summed E-state index contributed by atoms with van der Waals surface area (Å²) in [6, 6.07) is 18.4. The van der Waals surface area contributed by atoms with Gasteiger partial charge in [0.2, 0.25) is 0 Å². The van der Waals surface area contributed by atoms with Gasteiger partial charge in [0.15, 0.2) is 0 Å². The Bertz CT molecular complexity index is 1090. The van der Waals surface area contributed by atoms with Gasteiger partial charge in [0.05, 0.1) is 0 Å². The molecule has 0 radical (unpaired) electrons. The van der Waals surface area contributed by atoms with Gasteiger partial charge in [0.1, 0.15) is 12.9 Å². The fourth-order valence-corrected chi connectivity index (χ4v) is 7.01. The average Bonchev–Trinajstić information content (AvgIpc) is 3.01. The van der Waals surface area contributed by atoms with Crippen LogP contribution in [0.15, 0.2) is 48.5 Å². The number of aldehydes is 1. The molecule has 0 spiro atoms. The van der Waals surface area contributed by atoms with Crippen molar-refractivity contribution in [1.82, 2.24) is 14.7 Å². The Balaban J connectivity index is 0.000000437. The number of aryl methyl sites for hydroxylation is 3. The summed E-state index contributed by atoms with van der Waals surface area (Å²) in [6.07, 6.45) is 10.6. The maximum Gasteiger partial charge on any atom is 0.410 e. The van der Waals surface area contributed by atoms with Gasteiger partial charge in [-0.2, -0.15) is 0 Å².